The number of benzene rings is 1. The quantitative estimate of drug-likeness (QED) is 0.708. The SMILES string of the molecule is COC(=O)C1CCN(C(=O)CN2CCN(Cc3ccc(C#N)cc3)CC2)CC1. The van der Waals surface area contributed by atoms with E-state index in [2.05, 4.69) is 15.9 Å². The van der Waals surface area contributed by atoms with E-state index in [4.69, 9.17) is 10.00 Å². The summed E-state index contributed by atoms with van der Waals surface area (Å²) in [5.41, 5.74) is 1.89. The number of rotatable bonds is 5. The Balaban J connectivity index is 1.38. The Morgan fingerprint density at radius 1 is 1.04 bits per heavy atom. The molecule has 2 saturated heterocycles. The molecule has 0 atom stereocenters. The zero-order chi connectivity index (χ0) is 19.9. The molecule has 1 aromatic rings. The smallest absolute Gasteiger partial charge is 0.308 e. The molecule has 0 bridgehead atoms. The molecule has 0 aromatic heterocycles. The van der Waals surface area contributed by atoms with Gasteiger partial charge in [0.1, 0.15) is 0 Å². The molecule has 0 spiro atoms. The number of hydrogen-bond donors (Lipinski definition) is 0. The number of amides is 1. The molecule has 2 aliphatic rings. The van der Waals surface area contributed by atoms with Gasteiger partial charge in [0.05, 0.1) is 31.2 Å². The fourth-order valence-electron chi connectivity index (χ4n) is 3.87. The van der Waals surface area contributed by atoms with Gasteiger partial charge in [-0.3, -0.25) is 19.4 Å². The van der Waals surface area contributed by atoms with Crippen LogP contribution in [0.2, 0.25) is 0 Å². The summed E-state index contributed by atoms with van der Waals surface area (Å²) in [7, 11) is 1.42. The average molecular weight is 384 g/mol. The molecule has 28 heavy (non-hydrogen) atoms. The van der Waals surface area contributed by atoms with E-state index in [1.54, 1.807) is 0 Å². The zero-order valence-electron chi connectivity index (χ0n) is 16.5. The van der Waals surface area contributed by atoms with Gasteiger partial charge in [-0.05, 0) is 30.5 Å². The van der Waals surface area contributed by atoms with Crippen molar-refractivity contribution in [2.75, 3.05) is 52.9 Å². The lowest BCUT2D eigenvalue weighted by atomic mass is 9.97. The number of nitriles is 1. The Bertz CT molecular complexity index is 712. The van der Waals surface area contributed by atoms with Gasteiger partial charge in [0.25, 0.3) is 0 Å². The summed E-state index contributed by atoms with van der Waals surface area (Å²) in [5.74, 6) is -0.0748. The maximum absolute atomic E-state index is 12.6. The number of piperazine rings is 1. The molecule has 0 unspecified atom stereocenters. The highest BCUT2D eigenvalue weighted by Crippen LogP contribution is 2.19. The molecule has 0 aliphatic carbocycles. The first-order valence-corrected chi connectivity index (χ1v) is 9.88. The largest absolute Gasteiger partial charge is 0.469 e. The second kappa shape index (κ2) is 9.67. The zero-order valence-corrected chi connectivity index (χ0v) is 16.5. The van der Waals surface area contributed by atoms with Gasteiger partial charge >= 0.3 is 5.97 Å². The third kappa shape index (κ3) is 5.31. The van der Waals surface area contributed by atoms with E-state index >= 15 is 0 Å². The van der Waals surface area contributed by atoms with Crippen molar-refractivity contribution in [1.29, 1.82) is 5.26 Å². The van der Waals surface area contributed by atoms with Crippen LogP contribution in [0.5, 0.6) is 0 Å². The van der Waals surface area contributed by atoms with E-state index in [9.17, 15) is 9.59 Å². The summed E-state index contributed by atoms with van der Waals surface area (Å²) in [4.78, 5) is 30.6. The number of likely N-dealkylation sites (tertiary alicyclic amines) is 1. The Kier molecular flexibility index (Phi) is 7.01. The van der Waals surface area contributed by atoms with Crippen LogP contribution >= 0.6 is 0 Å². The van der Waals surface area contributed by atoms with E-state index < -0.39 is 0 Å². The van der Waals surface area contributed by atoms with Gasteiger partial charge in [-0.2, -0.15) is 5.26 Å². The second-order valence-corrected chi connectivity index (χ2v) is 7.54. The van der Waals surface area contributed by atoms with Crippen molar-refractivity contribution in [2.45, 2.75) is 19.4 Å². The van der Waals surface area contributed by atoms with Crippen LogP contribution < -0.4 is 0 Å². The highest BCUT2D eigenvalue weighted by atomic mass is 16.5. The van der Waals surface area contributed by atoms with Crippen LogP contribution in [0, 0.1) is 17.2 Å². The first-order chi connectivity index (χ1) is 13.6. The Labute approximate surface area is 166 Å². The van der Waals surface area contributed by atoms with E-state index in [-0.39, 0.29) is 17.8 Å². The van der Waals surface area contributed by atoms with E-state index in [1.807, 2.05) is 29.2 Å². The highest BCUT2D eigenvalue weighted by molar-refractivity contribution is 5.79. The topological polar surface area (TPSA) is 76.9 Å². The van der Waals surface area contributed by atoms with Gasteiger partial charge in [-0.15, -0.1) is 0 Å². The average Bonchev–Trinajstić information content (AvgIpc) is 2.75. The van der Waals surface area contributed by atoms with Crippen molar-refractivity contribution in [1.82, 2.24) is 14.7 Å². The molecule has 0 saturated carbocycles. The van der Waals surface area contributed by atoms with Crippen LogP contribution in [0.15, 0.2) is 24.3 Å². The maximum atomic E-state index is 12.6. The summed E-state index contributed by atoms with van der Waals surface area (Å²) in [6, 6.07) is 9.86. The van der Waals surface area contributed by atoms with Crippen LogP contribution in [-0.2, 0) is 20.9 Å². The second-order valence-electron chi connectivity index (χ2n) is 7.54. The molecule has 7 nitrogen and oxygen atoms in total. The van der Waals surface area contributed by atoms with Gasteiger partial charge in [0.2, 0.25) is 5.91 Å². The Morgan fingerprint density at radius 3 is 2.21 bits per heavy atom. The molecular weight excluding hydrogens is 356 g/mol. The lowest BCUT2D eigenvalue weighted by molar-refractivity contribution is -0.149. The number of carbonyl (C=O) groups is 2. The summed E-state index contributed by atoms with van der Waals surface area (Å²) in [5, 5.41) is 8.88. The van der Waals surface area contributed by atoms with Crippen molar-refractivity contribution >= 4 is 11.9 Å². The fourth-order valence-corrected chi connectivity index (χ4v) is 3.87. The van der Waals surface area contributed by atoms with Crippen molar-refractivity contribution in [3.8, 4) is 6.07 Å². The number of piperidine rings is 1. The van der Waals surface area contributed by atoms with Gasteiger partial charge in [-0.1, -0.05) is 12.1 Å². The standard InChI is InChI=1S/C21H28N4O3/c1-28-21(27)19-6-8-25(9-7-19)20(26)16-24-12-10-23(11-13-24)15-18-4-2-17(14-22)3-5-18/h2-5,19H,6-13,15-16H2,1H3. The molecule has 2 aliphatic heterocycles. The number of ether oxygens (including phenoxy) is 1. The molecule has 1 amide bonds. The van der Waals surface area contributed by atoms with Crippen molar-refractivity contribution in [2.24, 2.45) is 5.92 Å². The first-order valence-electron chi connectivity index (χ1n) is 9.88. The van der Waals surface area contributed by atoms with Crippen molar-refractivity contribution in [3.05, 3.63) is 35.4 Å². The van der Waals surface area contributed by atoms with E-state index in [1.165, 1.54) is 12.7 Å². The van der Waals surface area contributed by atoms with Crippen LogP contribution in [0.1, 0.15) is 24.0 Å². The number of carbonyl (C=O) groups excluding carboxylic acids is 2. The van der Waals surface area contributed by atoms with E-state index in [0.29, 0.717) is 38.0 Å². The fraction of sp³-hybridized carbons (Fsp3) is 0.571. The van der Waals surface area contributed by atoms with E-state index in [0.717, 1.165) is 32.7 Å². The molecule has 0 radical (unpaired) electrons. The van der Waals surface area contributed by atoms with Crippen LogP contribution in [-0.4, -0.2) is 79.5 Å². The molecule has 150 valence electrons. The monoisotopic (exact) mass is 384 g/mol. The highest BCUT2D eigenvalue weighted by Gasteiger charge is 2.29. The number of nitrogens with zero attached hydrogens (tertiary/aromatic N) is 4. The Morgan fingerprint density at radius 2 is 1.64 bits per heavy atom. The molecule has 2 heterocycles. The van der Waals surface area contributed by atoms with Crippen molar-refractivity contribution in [3.63, 3.8) is 0 Å². The molecule has 3 rings (SSSR count). The number of esters is 1. The lowest BCUT2D eigenvalue weighted by Crippen LogP contribution is -2.51. The van der Waals surface area contributed by atoms with Gasteiger partial charge < -0.3 is 9.64 Å². The van der Waals surface area contributed by atoms with Crippen molar-refractivity contribution < 1.29 is 14.3 Å². The minimum absolute atomic E-state index is 0.0696. The summed E-state index contributed by atoms with van der Waals surface area (Å²) in [6.45, 7) is 6.20. The van der Waals surface area contributed by atoms with Crippen LogP contribution in [0.3, 0.4) is 0 Å². The molecule has 0 N–H and O–H groups in total. The normalized spacial score (nSPS) is 19.2. The summed E-state index contributed by atoms with van der Waals surface area (Å²) in [6.07, 6.45) is 1.38. The molecule has 7 heteroatoms. The van der Waals surface area contributed by atoms with Crippen LogP contribution in [0.25, 0.3) is 0 Å². The first kappa shape index (κ1) is 20.3. The molecule has 2 fully saturated rings. The minimum atomic E-state index is -0.162. The summed E-state index contributed by atoms with van der Waals surface area (Å²) < 4.78 is 4.80. The maximum Gasteiger partial charge on any atom is 0.308 e. The minimum Gasteiger partial charge on any atom is -0.469 e. The third-order valence-corrected chi connectivity index (χ3v) is 5.70. The van der Waals surface area contributed by atoms with Gasteiger partial charge in [-0.25, -0.2) is 0 Å². The van der Waals surface area contributed by atoms with Gasteiger partial charge in [0.15, 0.2) is 0 Å². The predicted molar refractivity (Wildman–Crippen MR) is 104 cm³/mol. The summed E-state index contributed by atoms with van der Waals surface area (Å²) >= 11 is 0. The molecule has 1 aromatic carbocycles. The molecular formula is C21H28N4O3. The predicted octanol–water partition coefficient (Wildman–Crippen LogP) is 1.09. The van der Waals surface area contributed by atoms with Gasteiger partial charge in [0, 0.05) is 45.8 Å². The van der Waals surface area contributed by atoms with Crippen LogP contribution in [0.4, 0.5) is 0 Å². The number of hydrogen-bond acceptors (Lipinski definition) is 6. The third-order valence-electron chi connectivity index (χ3n) is 5.70. The lowest BCUT2D eigenvalue weighted by Gasteiger charge is -2.36. The Hall–Kier alpha value is -2.43. The number of methoxy groups -OCH3 is 1.